The minimum atomic E-state index is -1.51. The first-order valence-electron chi connectivity index (χ1n) is 6.14. The third-order valence-electron chi connectivity index (χ3n) is 2.62. The standard InChI is InChI=1S/C14H18ClNO4/c1-14(2,3)20-13(19)10(12(17)18)11(16)8-4-6-9(15)7-5-8/h4-7,10-11H,16H2,1-3H3,(H,17,18)/t10-,11-/m0/s1. The highest BCUT2D eigenvalue weighted by Crippen LogP contribution is 2.22. The lowest BCUT2D eigenvalue weighted by Gasteiger charge is -2.26. The predicted molar refractivity (Wildman–Crippen MR) is 71.4 cm³/mol. The highest BCUT2D eigenvalue weighted by Gasteiger charge is 2.34. The van der Waals surface area contributed by atoms with E-state index in [-0.39, 0.29) is 0 Å². The normalized spacial score (nSPS) is 14.4. The summed E-state index contributed by atoms with van der Waals surface area (Å²) in [5, 5.41) is 11.7. The maximum absolute atomic E-state index is 12.0. The lowest BCUT2D eigenvalue weighted by Crippen LogP contribution is -2.62. The van der Waals surface area contributed by atoms with Gasteiger partial charge in [-0.15, -0.1) is 0 Å². The van der Waals surface area contributed by atoms with Gasteiger partial charge in [-0.3, -0.25) is 4.79 Å². The van der Waals surface area contributed by atoms with Crippen LogP contribution in [0, 0.1) is 5.92 Å². The number of benzene rings is 1. The highest BCUT2D eigenvalue weighted by molar-refractivity contribution is 6.30. The predicted octanol–water partition coefficient (Wildman–Crippen LogP) is 0.331. The molecule has 20 heavy (non-hydrogen) atoms. The molecule has 0 aromatic heterocycles. The first kappa shape index (κ1) is 16.5. The van der Waals surface area contributed by atoms with Gasteiger partial charge < -0.3 is 20.4 Å². The number of carbonyl (C=O) groups is 2. The second-order valence-corrected chi connectivity index (χ2v) is 5.92. The fraction of sp³-hybridized carbons (Fsp3) is 0.429. The summed E-state index contributed by atoms with van der Waals surface area (Å²) in [7, 11) is 0. The van der Waals surface area contributed by atoms with E-state index in [1.165, 1.54) is 0 Å². The van der Waals surface area contributed by atoms with E-state index in [2.05, 4.69) is 5.73 Å². The molecule has 110 valence electrons. The second kappa shape index (κ2) is 6.24. The number of carboxylic acid groups (broad SMARTS) is 1. The molecule has 0 amide bonds. The number of hydrogen-bond acceptors (Lipinski definition) is 4. The number of aliphatic carboxylic acids is 1. The van der Waals surface area contributed by atoms with E-state index in [1.54, 1.807) is 45.0 Å². The van der Waals surface area contributed by atoms with Gasteiger partial charge in [-0.2, -0.15) is 0 Å². The average molecular weight is 300 g/mol. The zero-order valence-corrected chi connectivity index (χ0v) is 12.4. The van der Waals surface area contributed by atoms with Crippen LogP contribution in [0.15, 0.2) is 24.3 Å². The third-order valence-corrected chi connectivity index (χ3v) is 2.87. The van der Waals surface area contributed by atoms with E-state index < -0.39 is 29.5 Å². The molecule has 0 bridgehead atoms. The van der Waals surface area contributed by atoms with Crippen molar-refractivity contribution in [3.8, 4) is 0 Å². The van der Waals surface area contributed by atoms with Crippen LogP contribution in [0.5, 0.6) is 0 Å². The third kappa shape index (κ3) is 4.51. The number of quaternary nitrogens is 1. The Morgan fingerprint density at radius 1 is 1.25 bits per heavy atom. The van der Waals surface area contributed by atoms with Crippen molar-refractivity contribution in [2.75, 3.05) is 0 Å². The van der Waals surface area contributed by atoms with E-state index in [1.807, 2.05) is 0 Å². The second-order valence-electron chi connectivity index (χ2n) is 5.49. The van der Waals surface area contributed by atoms with Gasteiger partial charge in [0.05, 0.1) is 5.97 Å². The molecule has 6 heteroatoms. The Kier molecular flexibility index (Phi) is 5.14. The monoisotopic (exact) mass is 299 g/mol. The Balaban J connectivity index is 2.99. The van der Waals surface area contributed by atoms with Gasteiger partial charge in [0, 0.05) is 10.6 Å². The Labute approximate surface area is 122 Å². The molecule has 0 saturated heterocycles. The zero-order chi connectivity index (χ0) is 15.5. The van der Waals surface area contributed by atoms with Crippen LogP contribution in [0.2, 0.25) is 5.02 Å². The fourth-order valence-electron chi connectivity index (χ4n) is 1.69. The molecule has 0 saturated carbocycles. The minimum Gasteiger partial charge on any atom is -0.549 e. The smallest absolute Gasteiger partial charge is 0.321 e. The van der Waals surface area contributed by atoms with Gasteiger partial charge in [0.2, 0.25) is 0 Å². The summed E-state index contributed by atoms with van der Waals surface area (Å²) in [6.07, 6.45) is 0. The van der Waals surface area contributed by atoms with E-state index in [0.717, 1.165) is 0 Å². The van der Waals surface area contributed by atoms with Gasteiger partial charge >= 0.3 is 5.97 Å². The van der Waals surface area contributed by atoms with E-state index >= 15 is 0 Å². The fourth-order valence-corrected chi connectivity index (χ4v) is 1.82. The number of carbonyl (C=O) groups excluding carboxylic acids is 2. The van der Waals surface area contributed by atoms with Crippen LogP contribution in [-0.2, 0) is 14.3 Å². The number of ether oxygens (including phenoxy) is 1. The summed E-state index contributed by atoms with van der Waals surface area (Å²) >= 11 is 5.77. The molecule has 1 aromatic carbocycles. The molecule has 0 radical (unpaired) electrons. The zero-order valence-electron chi connectivity index (χ0n) is 11.7. The van der Waals surface area contributed by atoms with Crippen molar-refractivity contribution < 1.29 is 25.2 Å². The molecular formula is C14H18ClNO4. The minimum absolute atomic E-state index is 0.517. The highest BCUT2D eigenvalue weighted by atomic mass is 35.5. The topological polar surface area (TPSA) is 94.1 Å². The number of rotatable bonds is 4. The van der Waals surface area contributed by atoms with Crippen LogP contribution in [0.3, 0.4) is 0 Å². The number of halogens is 1. The van der Waals surface area contributed by atoms with Gasteiger partial charge in [0.15, 0.2) is 5.92 Å². The number of esters is 1. The summed E-state index contributed by atoms with van der Waals surface area (Å²) in [6, 6.07) is 5.65. The molecular weight excluding hydrogens is 282 g/mol. The largest absolute Gasteiger partial charge is 0.549 e. The molecule has 0 unspecified atom stereocenters. The Hall–Kier alpha value is -1.59. The molecule has 5 nitrogen and oxygen atoms in total. The van der Waals surface area contributed by atoms with Crippen LogP contribution in [-0.4, -0.2) is 17.5 Å². The lowest BCUT2D eigenvalue weighted by atomic mass is 9.93. The van der Waals surface area contributed by atoms with Crippen LogP contribution in [0.1, 0.15) is 32.4 Å². The number of carboxylic acids is 1. The summed E-state index contributed by atoms with van der Waals surface area (Å²) in [4.78, 5) is 23.2. The van der Waals surface area contributed by atoms with Gasteiger partial charge in [-0.1, -0.05) is 23.7 Å². The summed E-state index contributed by atoms with van der Waals surface area (Å²) in [5.74, 6) is -3.82. The molecule has 1 rings (SSSR count). The van der Waals surface area contributed by atoms with Crippen LogP contribution >= 0.6 is 11.6 Å². The van der Waals surface area contributed by atoms with Crippen molar-refractivity contribution in [2.45, 2.75) is 32.4 Å². The van der Waals surface area contributed by atoms with Crippen molar-refractivity contribution in [2.24, 2.45) is 5.92 Å². The maximum atomic E-state index is 12.0. The van der Waals surface area contributed by atoms with Gasteiger partial charge in [0.1, 0.15) is 11.6 Å². The summed E-state index contributed by atoms with van der Waals surface area (Å²) in [5.41, 5.74) is 3.55. The maximum Gasteiger partial charge on any atom is 0.321 e. The van der Waals surface area contributed by atoms with Gasteiger partial charge in [-0.25, -0.2) is 0 Å². The molecule has 0 heterocycles. The first-order valence-corrected chi connectivity index (χ1v) is 6.52. The molecule has 0 aliphatic heterocycles. The Morgan fingerprint density at radius 3 is 2.15 bits per heavy atom. The van der Waals surface area contributed by atoms with E-state index in [4.69, 9.17) is 16.3 Å². The molecule has 0 aliphatic carbocycles. The molecule has 0 spiro atoms. The summed E-state index contributed by atoms with van der Waals surface area (Å²) < 4.78 is 5.10. The van der Waals surface area contributed by atoms with Crippen molar-refractivity contribution in [1.82, 2.24) is 0 Å². The SMILES string of the molecule is CC(C)(C)OC(=O)[C@H](C(=O)[O-])[C@@H]([NH3+])c1ccc(Cl)cc1. The van der Waals surface area contributed by atoms with Crippen molar-refractivity contribution in [1.29, 1.82) is 0 Å². The lowest BCUT2D eigenvalue weighted by molar-refractivity contribution is -0.440. The molecule has 0 fully saturated rings. The molecule has 0 aliphatic rings. The van der Waals surface area contributed by atoms with Gasteiger partial charge in [0.25, 0.3) is 0 Å². The van der Waals surface area contributed by atoms with E-state index in [0.29, 0.717) is 10.6 Å². The molecule has 3 N–H and O–H groups in total. The first-order chi connectivity index (χ1) is 9.11. The van der Waals surface area contributed by atoms with Crippen molar-refractivity contribution >= 4 is 23.5 Å². The Bertz CT molecular complexity index is 493. The van der Waals surface area contributed by atoms with Crippen molar-refractivity contribution in [3.63, 3.8) is 0 Å². The van der Waals surface area contributed by atoms with Crippen LogP contribution in [0.4, 0.5) is 0 Å². The van der Waals surface area contributed by atoms with E-state index in [9.17, 15) is 14.7 Å². The van der Waals surface area contributed by atoms with Crippen LogP contribution < -0.4 is 10.8 Å². The van der Waals surface area contributed by atoms with Crippen LogP contribution in [0.25, 0.3) is 0 Å². The summed E-state index contributed by atoms with van der Waals surface area (Å²) in [6.45, 7) is 4.99. The Morgan fingerprint density at radius 2 is 1.75 bits per heavy atom. The van der Waals surface area contributed by atoms with Crippen molar-refractivity contribution in [3.05, 3.63) is 34.9 Å². The number of hydrogen-bond donors (Lipinski definition) is 1. The molecule has 2 atom stereocenters. The average Bonchev–Trinajstić information content (AvgIpc) is 2.26. The van der Waals surface area contributed by atoms with Gasteiger partial charge in [-0.05, 0) is 32.9 Å². The quantitative estimate of drug-likeness (QED) is 0.640. The molecule has 1 aromatic rings.